The third kappa shape index (κ3) is 4.80. The molecule has 0 fully saturated rings. The Labute approximate surface area is 144 Å². The van der Waals surface area contributed by atoms with E-state index < -0.39 is 0 Å². The van der Waals surface area contributed by atoms with Crippen molar-refractivity contribution in [3.05, 3.63) is 53.4 Å². The Kier molecular flexibility index (Phi) is 6.32. The van der Waals surface area contributed by atoms with Gasteiger partial charge in [0.15, 0.2) is 0 Å². The number of aryl methyl sites for hydroxylation is 1. The van der Waals surface area contributed by atoms with E-state index in [-0.39, 0.29) is 5.91 Å². The number of rotatable bonds is 7. The fourth-order valence-electron chi connectivity index (χ4n) is 2.54. The monoisotopic (exact) mass is 326 g/mol. The summed E-state index contributed by atoms with van der Waals surface area (Å²) in [6.07, 6.45) is 4.37. The van der Waals surface area contributed by atoms with Gasteiger partial charge >= 0.3 is 0 Å². The van der Waals surface area contributed by atoms with E-state index in [4.69, 9.17) is 0 Å². The summed E-state index contributed by atoms with van der Waals surface area (Å²) in [5, 5.41) is 7.49. The number of aromatic nitrogens is 2. The van der Waals surface area contributed by atoms with Crippen molar-refractivity contribution in [3.8, 4) is 5.69 Å². The number of nitrogens with one attached hydrogen (secondary N) is 1. The summed E-state index contributed by atoms with van der Waals surface area (Å²) in [4.78, 5) is 14.0. The average molecular weight is 326 g/mol. The van der Waals surface area contributed by atoms with Gasteiger partial charge in [0.1, 0.15) is 0 Å². The van der Waals surface area contributed by atoms with E-state index in [9.17, 15) is 4.79 Å². The first-order chi connectivity index (χ1) is 11.5. The molecule has 128 valence electrons. The van der Waals surface area contributed by atoms with Gasteiger partial charge in [-0.3, -0.25) is 4.79 Å². The molecule has 2 rings (SSSR count). The lowest BCUT2D eigenvalue weighted by Crippen LogP contribution is -2.25. The maximum atomic E-state index is 11.9. The van der Waals surface area contributed by atoms with Crippen LogP contribution in [-0.4, -0.2) is 47.8 Å². The van der Waals surface area contributed by atoms with E-state index in [2.05, 4.69) is 15.3 Å². The van der Waals surface area contributed by atoms with Crippen LogP contribution >= 0.6 is 0 Å². The second-order valence-electron chi connectivity index (χ2n) is 6.11. The molecule has 0 aliphatic carbocycles. The zero-order chi connectivity index (χ0) is 17.5. The Morgan fingerprint density at radius 3 is 2.62 bits per heavy atom. The molecule has 0 aliphatic heterocycles. The molecule has 0 saturated carbocycles. The highest BCUT2D eigenvalue weighted by Crippen LogP contribution is 2.18. The maximum absolute atomic E-state index is 11.9. The van der Waals surface area contributed by atoms with Crippen LogP contribution in [0, 0.1) is 13.8 Å². The highest BCUT2D eigenvalue weighted by molar-refractivity contribution is 5.92. The quantitative estimate of drug-likeness (QED) is 0.628. The number of benzene rings is 1. The van der Waals surface area contributed by atoms with Crippen molar-refractivity contribution in [1.82, 2.24) is 20.0 Å². The molecule has 0 bridgehead atoms. The smallest absolute Gasteiger partial charge is 0.244 e. The van der Waals surface area contributed by atoms with Gasteiger partial charge in [-0.25, -0.2) is 4.68 Å². The SMILES string of the molecule is Cc1nn(-c2ccccc2)c(C)c1/C=C/C(=O)NCCCN(C)C. The largest absolute Gasteiger partial charge is 0.353 e. The minimum absolute atomic E-state index is 0.0694. The molecular formula is C19H26N4O. The number of hydrogen-bond acceptors (Lipinski definition) is 3. The molecule has 1 N–H and O–H groups in total. The summed E-state index contributed by atoms with van der Waals surface area (Å²) in [5.74, 6) is -0.0694. The molecule has 5 heteroatoms. The number of hydrogen-bond donors (Lipinski definition) is 1. The number of para-hydroxylation sites is 1. The van der Waals surface area contributed by atoms with Gasteiger partial charge < -0.3 is 10.2 Å². The van der Waals surface area contributed by atoms with Crippen LogP contribution in [0.15, 0.2) is 36.4 Å². The Balaban J connectivity index is 2.02. The Morgan fingerprint density at radius 1 is 1.25 bits per heavy atom. The zero-order valence-electron chi connectivity index (χ0n) is 14.9. The van der Waals surface area contributed by atoms with Crippen LogP contribution < -0.4 is 5.32 Å². The van der Waals surface area contributed by atoms with E-state index in [0.717, 1.165) is 35.6 Å². The second-order valence-corrected chi connectivity index (χ2v) is 6.11. The topological polar surface area (TPSA) is 50.2 Å². The lowest BCUT2D eigenvalue weighted by atomic mass is 10.2. The fraction of sp³-hybridized carbons (Fsp3) is 0.368. The van der Waals surface area contributed by atoms with Gasteiger partial charge in [0.25, 0.3) is 0 Å². The molecule has 24 heavy (non-hydrogen) atoms. The van der Waals surface area contributed by atoms with E-state index in [1.54, 1.807) is 6.08 Å². The van der Waals surface area contributed by atoms with Crippen LogP contribution in [0.5, 0.6) is 0 Å². The summed E-state index contributed by atoms with van der Waals surface area (Å²) in [5.41, 5.74) is 3.94. The molecule has 0 radical (unpaired) electrons. The number of carbonyl (C=O) groups excluding carboxylic acids is 1. The molecule has 0 saturated heterocycles. The summed E-state index contributed by atoms with van der Waals surface area (Å²) < 4.78 is 1.91. The molecule has 0 spiro atoms. The Morgan fingerprint density at radius 2 is 1.96 bits per heavy atom. The van der Waals surface area contributed by atoms with Crippen molar-refractivity contribution >= 4 is 12.0 Å². The summed E-state index contributed by atoms with van der Waals surface area (Å²) in [7, 11) is 4.05. The summed E-state index contributed by atoms with van der Waals surface area (Å²) in [6.45, 7) is 5.62. The van der Waals surface area contributed by atoms with Crippen molar-refractivity contribution in [1.29, 1.82) is 0 Å². The highest BCUT2D eigenvalue weighted by atomic mass is 16.1. The third-order valence-electron chi connectivity index (χ3n) is 3.83. The lowest BCUT2D eigenvalue weighted by Gasteiger charge is -2.08. The molecule has 5 nitrogen and oxygen atoms in total. The molecule has 1 aromatic carbocycles. The van der Waals surface area contributed by atoms with Crippen LogP contribution in [0.25, 0.3) is 11.8 Å². The lowest BCUT2D eigenvalue weighted by molar-refractivity contribution is -0.116. The predicted molar refractivity (Wildman–Crippen MR) is 98.3 cm³/mol. The first-order valence-electron chi connectivity index (χ1n) is 8.21. The van der Waals surface area contributed by atoms with Gasteiger partial charge in [0, 0.05) is 23.9 Å². The molecule has 0 unspecified atom stereocenters. The van der Waals surface area contributed by atoms with Gasteiger partial charge in [-0.15, -0.1) is 0 Å². The molecular weight excluding hydrogens is 300 g/mol. The van der Waals surface area contributed by atoms with Crippen LogP contribution in [0.2, 0.25) is 0 Å². The predicted octanol–water partition coefficient (Wildman–Crippen LogP) is 2.57. The van der Waals surface area contributed by atoms with Crippen molar-refractivity contribution in [2.24, 2.45) is 0 Å². The second kappa shape index (κ2) is 8.45. The van der Waals surface area contributed by atoms with Crippen molar-refractivity contribution in [2.45, 2.75) is 20.3 Å². The van der Waals surface area contributed by atoms with Gasteiger partial charge in [0.2, 0.25) is 5.91 Å². The number of amides is 1. The maximum Gasteiger partial charge on any atom is 0.244 e. The molecule has 0 atom stereocenters. The summed E-state index contributed by atoms with van der Waals surface area (Å²) in [6, 6.07) is 10.00. The molecule has 0 aliphatic rings. The van der Waals surface area contributed by atoms with Crippen LogP contribution in [0.4, 0.5) is 0 Å². The normalized spacial score (nSPS) is 11.4. The van der Waals surface area contributed by atoms with Gasteiger partial charge in [0.05, 0.1) is 11.4 Å². The van der Waals surface area contributed by atoms with Gasteiger partial charge in [-0.1, -0.05) is 18.2 Å². The standard InChI is InChI=1S/C19H26N4O/c1-15-18(11-12-19(24)20-13-8-14-22(3)4)16(2)23(21-15)17-9-6-5-7-10-17/h5-7,9-12H,8,13-14H2,1-4H3,(H,20,24)/b12-11+. The van der Waals surface area contributed by atoms with Crippen molar-refractivity contribution < 1.29 is 4.79 Å². The van der Waals surface area contributed by atoms with Crippen LogP contribution in [0.3, 0.4) is 0 Å². The van der Waals surface area contributed by atoms with E-state index >= 15 is 0 Å². The average Bonchev–Trinajstić information content (AvgIpc) is 2.85. The van der Waals surface area contributed by atoms with E-state index in [0.29, 0.717) is 6.54 Å². The first-order valence-corrected chi connectivity index (χ1v) is 8.21. The van der Waals surface area contributed by atoms with E-state index in [1.165, 1.54) is 0 Å². The Bertz CT molecular complexity index is 702. The van der Waals surface area contributed by atoms with Crippen LogP contribution in [-0.2, 0) is 4.79 Å². The fourth-order valence-corrected chi connectivity index (χ4v) is 2.54. The van der Waals surface area contributed by atoms with Crippen molar-refractivity contribution in [3.63, 3.8) is 0 Å². The highest BCUT2D eigenvalue weighted by Gasteiger charge is 2.10. The first kappa shape index (κ1) is 17.9. The molecule has 1 amide bonds. The third-order valence-corrected chi connectivity index (χ3v) is 3.83. The zero-order valence-corrected chi connectivity index (χ0v) is 14.9. The molecule has 2 aromatic rings. The van der Waals surface area contributed by atoms with E-state index in [1.807, 2.05) is 69.0 Å². The summed E-state index contributed by atoms with van der Waals surface area (Å²) >= 11 is 0. The van der Waals surface area contributed by atoms with Gasteiger partial charge in [-0.2, -0.15) is 5.10 Å². The number of carbonyl (C=O) groups is 1. The van der Waals surface area contributed by atoms with Gasteiger partial charge in [-0.05, 0) is 59.1 Å². The molecule has 1 heterocycles. The van der Waals surface area contributed by atoms with Crippen LogP contribution in [0.1, 0.15) is 23.4 Å². The molecule has 1 aromatic heterocycles. The van der Waals surface area contributed by atoms with Crippen molar-refractivity contribution in [2.75, 3.05) is 27.2 Å². The number of nitrogens with zero attached hydrogens (tertiary/aromatic N) is 3. The minimum Gasteiger partial charge on any atom is -0.353 e. The minimum atomic E-state index is -0.0694. The Hall–Kier alpha value is -2.40.